The zero-order valence-electron chi connectivity index (χ0n) is 11.2. The fraction of sp³-hybridized carbons (Fsp3) is 0.429. The first-order valence-electron chi connectivity index (χ1n) is 6.32. The number of aromatic nitrogens is 3. The van der Waals surface area contributed by atoms with E-state index in [0.717, 1.165) is 18.9 Å². The first kappa shape index (κ1) is 12.8. The van der Waals surface area contributed by atoms with Crippen LogP contribution in [0.3, 0.4) is 0 Å². The number of benzene rings is 1. The van der Waals surface area contributed by atoms with Gasteiger partial charge in [0.25, 0.3) is 0 Å². The minimum atomic E-state index is 0.350. The molecule has 1 heterocycles. The van der Waals surface area contributed by atoms with Gasteiger partial charge in [0, 0.05) is 12.6 Å². The van der Waals surface area contributed by atoms with Gasteiger partial charge in [-0.05, 0) is 31.9 Å². The van der Waals surface area contributed by atoms with Gasteiger partial charge in [0.1, 0.15) is 12.2 Å². The van der Waals surface area contributed by atoms with Crippen molar-refractivity contribution in [3.05, 3.63) is 47.5 Å². The number of aryl methyl sites for hydroxylation is 1. The maximum Gasteiger partial charge on any atom is 0.141 e. The second kappa shape index (κ2) is 5.78. The normalized spacial score (nSPS) is 11.1. The van der Waals surface area contributed by atoms with Crippen molar-refractivity contribution in [2.24, 2.45) is 0 Å². The molecule has 1 aromatic heterocycles. The fourth-order valence-electron chi connectivity index (χ4n) is 1.95. The van der Waals surface area contributed by atoms with E-state index >= 15 is 0 Å². The minimum absolute atomic E-state index is 0.350. The zero-order chi connectivity index (χ0) is 13.0. The van der Waals surface area contributed by atoms with Crippen molar-refractivity contribution in [3.8, 4) is 0 Å². The van der Waals surface area contributed by atoms with Gasteiger partial charge < -0.3 is 5.32 Å². The molecule has 0 spiro atoms. The predicted octanol–water partition coefficient (Wildman–Crippen LogP) is 2.46. The van der Waals surface area contributed by atoms with Crippen LogP contribution in [0.15, 0.2) is 30.6 Å². The molecule has 0 bridgehead atoms. The van der Waals surface area contributed by atoms with Crippen LogP contribution in [0.4, 0.5) is 0 Å². The van der Waals surface area contributed by atoms with Crippen LogP contribution in [0.2, 0.25) is 0 Å². The molecule has 4 nitrogen and oxygen atoms in total. The Morgan fingerprint density at radius 2 is 2.00 bits per heavy atom. The van der Waals surface area contributed by atoms with Crippen molar-refractivity contribution in [3.63, 3.8) is 0 Å². The molecule has 0 aliphatic heterocycles. The number of hydrogen-bond acceptors (Lipinski definition) is 3. The van der Waals surface area contributed by atoms with E-state index in [2.05, 4.69) is 60.4 Å². The molecule has 96 valence electrons. The second-order valence-electron chi connectivity index (χ2n) is 4.74. The molecular formula is C14H20N4. The molecule has 1 N–H and O–H groups in total. The van der Waals surface area contributed by atoms with E-state index in [0.29, 0.717) is 6.04 Å². The summed E-state index contributed by atoms with van der Waals surface area (Å²) in [6, 6.07) is 8.76. The summed E-state index contributed by atoms with van der Waals surface area (Å²) < 4.78 is 1.95. The fourth-order valence-corrected chi connectivity index (χ4v) is 1.95. The van der Waals surface area contributed by atoms with Crippen LogP contribution in [-0.2, 0) is 13.1 Å². The molecule has 1 aromatic carbocycles. The van der Waals surface area contributed by atoms with Gasteiger partial charge in [0.15, 0.2) is 0 Å². The summed E-state index contributed by atoms with van der Waals surface area (Å²) in [5, 5.41) is 7.64. The Kier molecular flexibility index (Phi) is 4.10. The monoisotopic (exact) mass is 244 g/mol. The maximum absolute atomic E-state index is 4.28. The summed E-state index contributed by atoms with van der Waals surface area (Å²) in [4.78, 5) is 4.28. The third kappa shape index (κ3) is 2.96. The van der Waals surface area contributed by atoms with E-state index in [-0.39, 0.29) is 0 Å². The van der Waals surface area contributed by atoms with Crippen molar-refractivity contribution in [1.29, 1.82) is 0 Å². The second-order valence-corrected chi connectivity index (χ2v) is 4.74. The van der Waals surface area contributed by atoms with Gasteiger partial charge >= 0.3 is 0 Å². The summed E-state index contributed by atoms with van der Waals surface area (Å²) in [6.07, 6.45) is 1.62. The highest BCUT2D eigenvalue weighted by Crippen LogP contribution is 2.08. The highest BCUT2D eigenvalue weighted by atomic mass is 15.3. The van der Waals surface area contributed by atoms with E-state index in [4.69, 9.17) is 0 Å². The highest BCUT2D eigenvalue weighted by molar-refractivity contribution is 5.25. The lowest BCUT2D eigenvalue weighted by atomic mass is 10.1. The van der Waals surface area contributed by atoms with Gasteiger partial charge in [0.05, 0.1) is 6.54 Å². The average molecular weight is 244 g/mol. The Bertz CT molecular complexity index is 502. The Balaban J connectivity index is 1.93. The molecule has 4 heteroatoms. The summed E-state index contributed by atoms with van der Waals surface area (Å²) >= 11 is 0. The average Bonchev–Trinajstić information content (AvgIpc) is 2.80. The maximum atomic E-state index is 4.28. The molecular weight excluding hydrogens is 224 g/mol. The molecule has 18 heavy (non-hydrogen) atoms. The molecule has 0 amide bonds. The number of nitrogens with one attached hydrogen (secondary N) is 1. The van der Waals surface area contributed by atoms with Crippen LogP contribution in [0.25, 0.3) is 0 Å². The topological polar surface area (TPSA) is 42.7 Å². The molecule has 0 aliphatic carbocycles. The van der Waals surface area contributed by atoms with Crippen LogP contribution in [0, 0.1) is 6.92 Å². The molecule has 0 atom stereocenters. The van der Waals surface area contributed by atoms with Crippen LogP contribution < -0.4 is 5.32 Å². The van der Waals surface area contributed by atoms with Crippen molar-refractivity contribution >= 4 is 0 Å². The molecule has 0 unspecified atom stereocenters. The molecule has 0 radical (unpaired) electrons. The SMILES string of the molecule is Cc1ccccc1CNCc1ncnn1C(C)C. The van der Waals surface area contributed by atoms with Crippen molar-refractivity contribution in [1.82, 2.24) is 20.1 Å². The smallest absolute Gasteiger partial charge is 0.141 e. The van der Waals surface area contributed by atoms with Crippen molar-refractivity contribution in [2.45, 2.75) is 39.9 Å². The van der Waals surface area contributed by atoms with Gasteiger partial charge in [-0.1, -0.05) is 24.3 Å². The molecule has 2 rings (SSSR count). The Morgan fingerprint density at radius 1 is 1.22 bits per heavy atom. The molecule has 0 fully saturated rings. The summed E-state index contributed by atoms with van der Waals surface area (Å²) in [6.45, 7) is 7.96. The van der Waals surface area contributed by atoms with Crippen molar-refractivity contribution in [2.75, 3.05) is 0 Å². The third-order valence-corrected chi connectivity index (χ3v) is 3.00. The first-order valence-corrected chi connectivity index (χ1v) is 6.32. The zero-order valence-corrected chi connectivity index (χ0v) is 11.2. The van der Waals surface area contributed by atoms with E-state index in [1.165, 1.54) is 11.1 Å². The Labute approximate surface area is 108 Å². The van der Waals surface area contributed by atoms with Crippen LogP contribution in [0.5, 0.6) is 0 Å². The van der Waals surface area contributed by atoms with E-state index in [1.54, 1.807) is 6.33 Å². The van der Waals surface area contributed by atoms with Crippen LogP contribution >= 0.6 is 0 Å². The first-order chi connectivity index (χ1) is 8.68. The number of rotatable bonds is 5. The largest absolute Gasteiger partial charge is 0.306 e. The molecule has 2 aromatic rings. The highest BCUT2D eigenvalue weighted by Gasteiger charge is 2.06. The standard InChI is InChI=1S/C14H20N4/c1-11(2)18-14(16-10-17-18)9-15-8-13-7-5-4-6-12(13)3/h4-7,10-11,15H,8-9H2,1-3H3. The molecule has 0 saturated carbocycles. The molecule has 0 aliphatic rings. The molecule has 0 saturated heterocycles. The van der Waals surface area contributed by atoms with Gasteiger partial charge in [-0.15, -0.1) is 0 Å². The van der Waals surface area contributed by atoms with E-state index in [1.807, 2.05) is 4.68 Å². The lowest BCUT2D eigenvalue weighted by Gasteiger charge is -2.11. The lowest BCUT2D eigenvalue weighted by molar-refractivity contribution is 0.490. The van der Waals surface area contributed by atoms with Crippen LogP contribution in [-0.4, -0.2) is 14.8 Å². The summed E-state index contributed by atoms with van der Waals surface area (Å²) in [5.74, 6) is 0.985. The summed E-state index contributed by atoms with van der Waals surface area (Å²) in [7, 11) is 0. The number of nitrogens with zero attached hydrogens (tertiary/aromatic N) is 3. The Morgan fingerprint density at radius 3 is 2.72 bits per heavy atom. The van der Waals surface area contributed by atoms with Gasteiger partial charge in [0.2, 0.25) is 0 Å². The lowest BCUT2D eigenvalue weighted by Crippen LogP contribution is -2.18. The summed E-state index contributed by atoms with van der Waals surface area (Å²) in [5.41, 5.74) is 2.64. The van der Waals surface area contributed by atoms with Crippen molar-refractivity contribution < 1.29 is 0 Å². The van der Waals surface area contributed by atoms with Gasteiger partial charge in [-0.25, -0.2) is 9.67 Å². The third-order valence-electron chi connectivity index (χ3n) is 3.00. The minimum Gasteiger partial charge on any atom is -0.306 e. The Hall–Kier alpha value is -1.68. The van der Waals surface area contributed by atoms with Crippen LogP contribution in [0.1, 0.15) is 36.8 Å². The number of hydrogen-bond donors (Lipinski definition) is 1. The van der Waals surface area contributed by atoms with Gasteiger partial charge in [-0.3, -0.25) is 0 Å². The predicted molar refractivity (Wildman–Crippen MR) is 72.1 cm³/mol. The van der Waals surface area contributed by atoms with E-state index < -0.39 is 0 Å². The van der Waals surface area contributed by atoms with Gasteiger partial charge in [-0.2, -0.15) is 5.10 Å². The van der Waals surface area contributed by atoms with E-state index in [9.17, 15) is 0 Å². The quantitative estimate of drug-likeness (QED) is 0.878.